The van der Waals surface area contributed by atoms with E-state index in [4.69, 9.17) is 5.26 Å². The molecule has 1 aromatic heterocycles. The average Bonchev–Trinajstić information content (AvgIpc) is 2.98. The predicted octanol–water partition coefficient (Wildman–Crippen LogP) is 0.389. The van der Waals surface area contributed by atoms with Crippen molar-refractivity contribution in [3.63, 3.8) is 0 Å². The number of rotatable bonds is 6. The van der Waals surface area contributed by atoms with Crippen LogP contribution in [0, 0.1) is 25.2 Å². The molecule has 21 heavy (non-hydrogen) atoms. The molecule has 1 aliphatic rings. The second-order valence-electron chi connectivity index (χ2n) is 5.41. The Morgan fingerprint density at radius 1 is 1.52 bits per heavy atom. The van der Waals surface area contributed by atoms with Crippen LogP contribution < -0.4 is 5.32 Å². The molecule has 1 aromatic rings. The monoisotopic (exact) mass is 290 g/mol. The molecule has 1 atom stereocenters. The summed E-state index contributed by atoms with van der Waals surface area (Å²) < 4.78 is 1.92. The second kappa shape index (κ2) is 7.18. The third-order valence-electron chi connectivity index (χ3n) is 3.75. The molecular formula is C14H22N6O. The maximum absolute atomic E-state index is 11.8. The van der Waals surface area contributed by atoms with Crippen LogP contribution >= 0.6 is 0 Å². The van der Waals surface area contributed by atoms with E-state index in [0.717, 1.165) is 37.6 Å². The van der Waals surface area contributed by atoms with Gasteiger partial charge in [-0.1, -0.05) is 0 Å². The van der Waals surface area contributed by atoms with E-state index in [2.05, 4.69) is 20.3 Å². The molecule has 114 valence electrons. The first-order valence-corrected chi connectivity index (χ1v) is 7.36. The van der Waals surface area contributed by atoms with Crippen LogP contribution in [0.5, 0.6) is 0 Å². The molecule has 0 aliphatic carbocycles. The standard InChI is InChI=1S/C14H22N6O/c1-11-17-12(2)20(18-11)9-13-5-3-8-19(13)10-14(21)16-7-4-6-15/h13H,3-5,7-10H2,1-2H3,(H,16,21). The Hall–Kier alpha value is -1.94. The highest BCUT2D eigenvalue weighted by Gasteiger charge is 2.27. The molecule has 1 amide bonds. The minimum atomic E-state index is -0.0105. The number of hydrogen-bond acceptors (Lipinski definition) is 5. The van der Waals surface area contributed by atoms with Gasteiger partial charge in [0.2, 0.25) is 5.91 Å². The van der Waals surface area contributed by atoms with Gasteiger partial charge in [-0.3, -0.25) is 9.69 Å². The van der Waals surface area contributed by atoms with E-state index >= 15 is 0 Å². The fourth-order valence-electron chi connectivity index (χ4n) is 2.74. The summed E-state index contributed by atoms with van der Waals surface area (Å²) in [6.07, 6.45) is 2.53. The van der Waals surface area contributed by atoms with Gasteiger partial charge in [-0.05, 0) is 33.2 Å². The van der Waals surface area contributed by atoms with Crippen LogP contribution in [0.1, 0.15) is 30.9 Å². The van der Waals surface area contributed by atoms with Crippen molar-refractivity contribution < 1.29 is 4.79 Å². The summed E-state index contributed by atoms with van der Waals surface area (Å²) in [5.74, 6) is 1.69. The number of aryl methyl sites for hydroxylation is 2. The van der Waals surface area contributed by atoms with Crippen LogP contribution in [0.25, 0.3) is 0 Å². The molecule has 0 saturated carbocycles. The van der Waals surface area contributed by atoms with Gasteiger partial charge in [0, 0.05) is 12.6 Å². The van der Waals surface area contributed by atoms with Gasteiger partial charge in [-0.15, -0.1) is 0 Å². The van der Waals surface area contributed by atoms with Crippen molar-refractivity contribution in [1.82, 2.24) is 25.0 Å². The summed E-state index contributed by atoms with van der Waals surface area (Å²) in [6.45, 7) is 6.37. The first kappa shape index (κ1) is 15.4. The molecule has 0 bridgehead atoms. The predicted molar refractivity (Wildman–Crippen MR) is 77.3 cm³/mol. The van der Waals surface area contributed by atoms with Crippen molar-refractivity contribution in [2.75, 3.05) is 19.6 Å². The third-order valence-corrected chi connectivity index (χ3v) is 3.75. The summed E-state index contributed by atoms with van der Waals surface area (Å²) in [7, 11) is 0. The number of amides is 1. The maximum Gasteiger partial charge on any atom is 0.234 e. The van der Waals surface area contributed by atoms with Crippen molar-refractivity contribution in [3.8, 4) is 6.07 Å². The first-order chi connectivity index (χ1) is 10.1. The molecule has 7 heteroatoms. The van der Waals surface area contributed by atoms with Gasteiger partial charge < -0.3 is 5.32 Å². The SMILES string of the molecule is Cc1nc(C)n(CC2CCCN2CC(=O)NCCC#N)n1. The molecule has 2 rings (SSSR count). The van der Waals surface area contributed by atoms with E-state index < -0.39 is 0 Å². The van der Waals surface area contributed by atoms with Crippen LogP contribution in [0.2, 0.25) is 0 Å². The summed E-state index contributed by atoms with van der Waals surface area (Å²) in [5, 5.41) is 15.6. The zero-order valence-corrected chi connectivity index (χ0v) is 12.7. The van der Waals surface area contributed by atoms with Gasteiger partial charge in [0.1, 0.15) is 11.6 Å². The van der Waals surface area contributed by atoms with Gasteiger partial charge in [0.05, 0.1) is 25.6 Å². The van der Waals surface area contributed by atoms with Crippen molar-refractivity contribution >= 4 is 5.91 Å². The van der Waals surface area contributed by atoms with Gasteiger partial charge in [0.15, 0.2) is 0 Å². The molecule has 0 spiro atoms. The Bertz CT molecular complexity index is 532. The average molecular weight is 290 g/mol. The smallest absolute Gasteiger partial charge is 0.234 e. The number of carbonyl (C=O) groups is 1. The number of carbonyl (C=O) groups excluding carboxylic acids is 1. The third kappa shape index (κ3) is 4.26. The van der Waals surface area contributed by atoms with Crippen molar-refractivity contribution in [1.29, 1.82) is 5.26 Å². The lowest BCUT2D eigenvalue weighted by Gasteiger charge is -2.23. The summed E-state index contributed by atoms with van der Waals surface area (Å²) in [6, 6.07) is 2.35. The highest BCUT2D eigenvalue weighted by Crippen LogP contribution is 2.18. The normalized spacial score (nSPS) is 18.6. The van der Waals surface area contributed by atoms with Crippen LogP contribution in [0.3, 0.4) is 0 Å². The minimum absolute atomic E-state index is 0.0105. The number of aromatic nitrogens is 3. The van der Waals surface area contributed by atoms with Crippen LogP contribution in [0.15, 0.2) is 0 Å². The number of hydrogen-bond donors (Lipinski definition) is 1. The lowest BCUT2D eigenvalue weighted by Crippen LogP contribution is -2.41. The van der Waals surface area contributed by atoms with Gasteiger partial charge in [-0.2, -0.15) is 10.4 Å². The van der Waals surface area contributed by atoms with Crippen molar-refractivity contribution in [3.05, 3.63) is 11.6 Å². The highest BCUT2D eigenvalue weighted by atomic mass is 16.2. The quantitative estimate of drug-likeness (QED) is 0.766. The molecule has 1 unspecified atom stereocenters. The van der Waals surface area contributed by atoms with Gasteiger partial charge in [0.25, 0.3) is 0 Å². The van der Waals surface area contributed by atoms with Crippen LogP contribution in [-0.4, -0.2) is 51.2 Å². The zero-order chi connectivity index (χ0) is 15.2. The Labute approximate surface area is 124 Å². The molecule has 1 aliphatic heterocycles. The topological polar surface area (TPSA) is 86.8 Å². The molecular weight excluding hydrogens is 268 g/mol. The molecule has 0 radical (unpaired) electrons. The number of nitrogens with one attached hydrogen (secondary N) is 1. The molecule has 1 saturated heterocycles. The molecule has 1 N–H and O–H groups in total. The minimum Gasteiger partial charge on any atom is -0.354 e. The first-order valence-electron chi connectivity index (χ1n) is 7.36. The fraction of sp³-hybridized carbons (Fsp3) is 0.714. The summed E-state index contributed by atoms with van der Waals surface area (Å²) >= 11 is 0. The Morgan fingerprint density at radius 3 is 3.00 bits per heavy atom. The number of likely N-dealkylation sites (tertiary alicyclic amines) is 1. The van der Waals surface area contributed by atoms with E-state index in [1.807, 2.05) is 24.6 Å². The van der Waals surface area contributed by atoms with E-state index in [0.29, 0.717) is 25.6 Å². The molecule has 7 nitrogen and oxygen atoms in total. The molecule has 0 aromatic carbocycles. The van der Waals surface area contributed by atoms with Crippen molar-refractivity contribution in [2.24, 2.45) is 0 Å². The van der Waals surface area contributed by atoms with Gasteiger partial charge >= 0.3 is 0 Å². The zero-order valence-electron chi connectivity index (χ0n) is 12.7. The maximum atomic E-state index is 11.8. The Kier molecular flexibility index (Phi) is 5.28. The van der Waals surface area contributed by atoms with E-state index in [9.17, 15) is 4.79 Å². The van der Waals surface area contributed by atoms with Gasteiger partial charge in [-0.25, -0.2) is 9.67 Å². The molecule has 1 fully saturated rings. The largest absolute Gasteiger partial charge is 0.354 e. The summed E-state index contributed by atoms with van der Waals surface area (Å²) in [4.78, 5) is 18.4. The second-order valence-corrected chi connectivity index (χ2v) is 5.41. The Morgan fingerprint density at radius 2 is 2.33 bits per heavy atom. The summed E-state index contributed by atoms with van der Waals surface area (Å²) in [5.41, 5.74) is 0. The fourth-order valence-corrected chi connectivity index (χ4v) is 2.74. The van der Waals surface area contributed by atoms with Crippen molar-refractivity contribution in [2.45, 2.75) is 45.7 Å². The van der Waals surface area contributed by atoms with E-state index in [1.54, 1.807) is 0 Å². The number of nitriles is 1. The molecule has 2 heterocycles. The lowest BCUT2D eigenvalue weighted by atomic mass is 10.2. The Balaban J connectivity index is 1.87. The van der Waals surface area contributed by atoms with E-state index in [1.165, 1.54) is 0 Å². The van der Waals surface area contributed by atoms with Crippen LogP contribution in [-0.2, 0) is 11.3 Å². The van der Waals surface area contributed by atoms with Crippen LogP contribution in [0.4, 0.5) is 0 Å². The highest BCUT2D eigenvalue weighted by molar-refractivity contribution is 5.78. The van der Waals surface area contributed by atoms with E-state index in [-0.39, 0.29) is 5.91 Å². The lowest BCUT2D eigenvalue weighted by molar-refractivity contribution is -0.122. The number of nitrogens with zero attached hydrogens (tertiary/aromatic N) is 5.